The molecule has 0 unspecified atom stereocenters. The van der Waals surface area contributed by atoms with E-state index in [0.29, 0.717) is 28.9 Å². The second-order valence-corrected chi connectivity index (χ2v) is 4.79. The van der Waals surface area contributed by atoms with Crippen LogP contribution in [0.25, 0.3) is 0 Å². The second-order valence-electron chi connectivity index (χ2n) is 4.38. The van der Waals surface area contributed by atoms with E-state index in [4.69, 9.17) is 11.6 Å². The molecule has 0 fully saturated rings. The second kappa shape index (κ2) is 5.87. The fourth-order valence-electron chi connectivity index (χ4n) is 1.59. The van der Waals surface area contributed by atoms with Crippen molar-refractivity contribution in [2.75, 3.05) is 26.0 Å². The Morgan fingerprint density at radius 3 is 2.71 bits per heavy atom. The maximum atomic E-state index is 12.0. The van der Waals surface area contributed by atoms with Crippen molar-refractivity contribution in [3.8, 4) is 0 Å². The molecule has 1 N–H and O–H groups in total. The fraction of sp³-hybridized carbons (Fsp3) is 0.500. The number of carbonyl (C=O) groups is 1. The Hall–Kier alpha value is -1.29. The van der Waals surface area contributed by atoms with E-state index < -0.39 is 0 Å². The first-order valence-electron chi connectivity index (χ1n) is 5.54. The molecule has 0 aliphatic rings. The maximum Gasteiger partial charge on any atom is 0.255 e. The molecular formula is C12H18ClN3O. The first-order chi connectivity index (χ1) is 7.95. The van der Waals surface area contributed by atoms with Gasteiger partial charge in [0.2, 0.25) is 0 Å². The normalized spacial score (nSPS) is 10.5. The number of pyridine rings is 1. The number of rotatable bonds is 4. The molecule has 0 bridgehead atoms. The Bertz CT molecular complexity index is 407. The number of nitrogens with one attached hydrogen (secondary N) is 1. The number of nitrogens with zero attached hydrogens (tertiary/aromatic N) is 2. The summed E-state index contributed by atoms with van der Waals surface area (Å²) in [4.78, 5) is 17.8. The maximum absolute atomic E-state index is 12.0. The van der Waals surface area contributed by atoms with Gasteiger partial charge in [-0.15, -0.1) is 0 Å². The Balaban J connectivity index is 2.86. The topological polar surface area (TPSA) is 45.2 Å². The van der Waals surface area contributed by atoms with E-state index in [1.807, 2.05) is 0 Å². The van der Waals surface area contributed by atoms with Gasteiger partial charge in [0, 0.05) is 26.8 Å². The molecule has 1 aromatic rings. The lowest BCUT2D eigenvalue weighted by Crippen LogP contribution is -2.30. The number of anilines is 1. The van der Waals surface area contributed by atoms with Gasteiger partial charge in [0.1, 0.15) is 5.82 Å². The van der Waals surface area contributed by atoms with Gasteiger partial charge in [0.25, 0.3) is 5.91 Å². The van der Waals surface area contributed by atoms with E-state index in [2.05, 4.69) is 24.1 Å². The number of hydrogen-bond donors (Lipinski definition) is 1. The SMILES string of the molecule is CNc1ncc(C(=O)N(C)CC(C)C)cc1Cl. The van der Waals surface area contributed by atoms with Gasteiger partial charge in [0.15, 0.2) is 0 Å². The summed E-state index contributed by atoms with van der Waals surface area (Å²) in [7, 11) is 3.52. The Labute approximate surface area is 107 Å². The summed E-state index contributed by atoms with van der Waals surface area (Å²) in [6, 6.07) is 1.64. The number of hydrogen-bond acceptors (Lipinski definition) is 3. The van der Waals surface area contributed by atoms with Crippen LogP contribution in [0.5, 0.6) is 0 Å². The minimum Gasteiger partial charge on any atom is -0.372 e. The van der Waals surface area contributed by atoms with E-state index in [9.17, 15) is 4.79 Å². The van der Waals surface area contributed by atoms with Gasteiger partial charge < -0.3 is 10.2 Å². The predicted molar refractivity (Wildman–Crippen MR) is 70.6 cm³/mol. The molecule has 0 radical (unpaired) electrons. The van der Waals surface area contributed by atoms with Crippen LogP contribution in [0.15, 0.2) is 12.3 Å². The van der Waals surface area contributed by atoms with Crippen molar-refractivity contribution in [1.82, 2.24) is 9.88 Å². The zero-order valence-electron chi connectivity index (χ0n) is 10.6. The minimum absolute atomic E-state index is 0.0595. The zero-order valence-corrected chi connectivity index (χ0v) is 11.4. The predicted octanol–water partition coefficient (Wildman–Crippen LogP) is 2.50. The van der Waals surface area contributed by atoms with Crippen LogP contribution in [0.3, 0.4) is 0 Å². The van der Waals surface area contributed by atoms with Gasteiger partial charge in [-0.25, -0.2) is 4.98 Å². The Kier molecular flexibility index (Phi) is 4.75. The van der Waals surface area contributed by atoms with Gasteiger partial charge in [-0.2, -0.15) is 0 Å². The van der Waals surface area contributed by atoms with Crippen LogP contribution in [-0.4, -0.2) is 36.4 Å². The standard InChI is InChI=1S/C12H18ClN3O/c1-8(2)7-16(4)12(17)9-5-10(13)11(14-3)15-6-9/h5-6,8H,7H2,1-4H3,(H,14,15). The molecule has 94 valence electrons. The first kappa shape index (κ1) is 13.8. The van der Waals surface area contributed by atoms with Gasteiger partial charge in [0.05, 0.1) is 10.6 Å². The monoisotopic (exact) mass is 255 g/mol. The fourth-order valence-corrected chi connectivity index (χ4v) is 1.85. The molecule has 0 saturated carbocycles. The summed E-state index contributed by atoms with van der Waals surface area (Å²) < 4.78 is 0. The lowest BCUT2D eigenvalue weighted by Gasteiger charge is -2.19. The Morgan fingerprint density at radius 1 is 1.59 bits per heavy atom. The molecule has 1 heterocycles. The number of halogens is 1. The van der Waals surface area contributed by atoms with Crippen molar-refractivity contribution in [1.29, 1.82) is 0 Å². The first-order valence-corrected chi connectivity index (χ1v) is 5.92. The number of amides is 1. The Morgan fingerprint density at radius 2 is 2.24 bits per heavy atom. The van der Waals surface area contributed by atoms with Crippen molar-refractivity contribution in [3.63, 3.8) is 0 Å². The molecule has 1 amide bonds. The molecular weight excluding hydrogens is 238 g/mol. The molecule has 0 spiro atoms. The lowest BCUT2D eigenvalue weighted by atomic mass is 10.2. The lowest BCUT2D eigenvalue weighted by molar-refractivity contribution is 0.0779. The van der Waals surface area contributed by atoms with Crippen LogP contribution in [0, 0.1) is 5.92 Å². The van der Waals surface area contributed by atoms with Gasteiger partial charge in [-0.1, -0.05) is 25.4 Å². The van der Waals surface area contributed by atoms with E-state index in [1.165, 1.54) is 6.20 Å². The summed E-state index contributed by atoms with van der Waals surface area (Å²) in [5.74, 6) is 0.953. The summed E-state index contributed by atoms with van der Waals surface area (Å²) in [5, 5.41) is 3.31. The molecule has 1 rings (SSSR count). The van der Waals surface area contributed by atoms with Gasteiger partial charge in [-0.05, 0) is 12.0 Å². The highest BCUT2D eigenvalue weighted by atomic mass is 35.5. The van der Waals surface area contributed by atoms with Crippen molar-refractivity contribution in [2.45, 2.75) is 13.8 Å². The van der Waals surface area contributed by atoms with E-state index >= 15 is 0 Å². The third-order valence-corrected chi connectivity index (χ3v) is 2.60. The number of aromatic nitrogens is 1. The highest BCUT2D eigenvalue weighted by Crippen LogP contribution is 2.20. The highest BCUT2D eigenvalue weighted by Gasteiger charge is 2.14. The largest absolute Gasteiger partial charge is 0.372 e. The molecule has 4 nitrogen and oxygen atoms in total. The van der Waals surface area contributed by atoms with Gasteiger partial charge in [-0.3, -0.25) is 4.79 Å². The summed E-state index contributed by atoms with van der Waals surface area (Å²) in [6.45, 7) is 4.85. The summed E-state index contributed by atoms with van der Waals surface area (Å²) in [5.41, 5.74) is 0.511. The van der Waals surface area contributed by atoms with Crippen LogP contribution < -0.4 is 5.32 Å². The molecule has 1 aromatic heterocycles. The van der Waals surface area contributed by atoms with Gasteiger partial charge >= 0.3 is 0 Å². The average molecular weight is 256 g/mol. The number of carbonyl (C=O) groups excluding carboxylic acids is 1. The molecule has 0 saturated heterocycles. The summed E-state index contributed by atoms with van der Waals surface area (Å²) >= 11 is 5.99. The van der Waals surface area contributed by atoms with Crippen LogP contribution in [0.2, 0.25) is 5.02 Å². The van der Waals surface area contributed by atoms with Crippen molar-refractivity contribution < 1.29 is 4.79 Å². The zero-order chi connectivity index (χ0) is 13.0. The molecule has 0 atom stereocenters. The van der Waals surface area contributed by atoms with Crippen molar-refractivity contribution >= 4 is 23.3 Å². The third kappa shape index (κ3) is 3.60. The average Bonchev–Trinajstić information content (AvgIpc) is 2.27. The van der Waals surface area contributed by atoms with E-state index in [0.717, 1.165) is 0 Å². The van der Waals surface area contributed by atoms with Crippen LogP contribution >= 0.6 is 11.6 Å². The molecule has 17 heavy (non-hydrogen) atoms. The molecule has 5 heteroatoms. The van der Waals surface area contributed by atoms with Crippen molar-refractivity contribution in [3.05, 3.63) is 22.8 Å². The smallest absolute Gasteiger partial charge is 0.255 e. The minimum atomic E-state index is -0.0595. The van der Waals surface area contributed by atoms with Crippen LogP contribution in [0.1, 0.15) is 24.2 Å². The quantitative estimate of drug-likeness (QED) is 0.899. The third-order valence-electron chi connectivity index (χ3n) is 2.31. The van der Waals surface area contributed by atoms with E-state index in [-0.39, 0.29) is 5.91 Å². The molecule has 0 aliphatic heterocycles. The van der Waals surface area contributed by atoms with Crippen LogP contribution in [0.4, 0.5) is 5.82 Å². The highest BCUT2D eigenvalue weighted by molar-refractivity contribution is 6.33. The van der Waals surface area contributed by atoms with E-state index in [1.54, 1.807) is 25.1 Å². The van der Waals surface area contributed by atoms with Crippen molar-refractivity contribution in [2.24, 2.45) is 5.92 Å². The molecule has 0 aromatic carbocycles. The summed E-state index contributed by atoms with van der Waals surface area (Å²) in [6.07, 6.45) is 1.54. The molecule has 0 aliphatic carbocycles. The van der Waals surface area contributed by atoms with Crippen LogP contribution in [-0.2, 0) is 0 Å².